The largest absolute Gasteiger partial charge is 0.342 e. The van der Waals surface area contributed by atoms with Crippen molar-refractivity contribution in [3.05, 3.63) is 48.2 Å². The van der Waals surface area contributed by atoms with Crippen LogP contribution in [0.1, 0.15) is 32.3 Å². The SMILES string of the molecule is CC(C)C(=O)N1CCC(Cc2ccc(N(C(=O)C3CNC3)c3cccnn3)cc2)CC1. The molecular weight excluding hydrogens is 390 g/mol. The first-order valence-electron chi connectivity index (χ1n) is 11.2. The Labute approximate surface area is 183 Å². The van der Waals surface area contributed by atoms with Crippen LogP contribution >= 0.6 is 0 Å². The number of carbonyl (C=O) groups excluding carboxylic acids is 2. The molecule has 0 saturated carbocycles. The molecule has 1 aromatic heterocycles. The van der Waals surface area contributed by atoms with Gasteiger partial charge in [-0.25, -0.2) is 0 Å². The van der Waals surface area contributed by atoms with Crippen molar-refractivity contribution in [2.75, 3.05) is 31.1 Å². The van der Waals surface area contributed by atoms with Crippen LogP contribution in [-0.2, 0) is 16.0 Å². The monoisotopic (exact) mass is 421 g/mol. The maximum Gasteiger partial charge on any atom is 0.238 e. The van der Waals surface area contributed by atoms with E-state index < -0.39 is 0 Å². The molecule has 0 spiro atoms. The summed E-state index contributed by atoms with van der Waals surface area (Å²) in [6.07, 6.45) is 4.69. The molecule has 0 aliphatic carbocycles. The van der Waals surface area contributed by atoms with Gasteiger partial charge in [-0.2, -0.15) is 5.10 Å². The summed E-state index contributed by atoms with van der Waals surface area (Å²) in [7, 11) is 0. The lowest BCUT2D eigenvalue weighted by molar-refractivity contribution is -0.135. The van der Waals surface area contributed by atoms with Crippen molar-refractivity contribution in [2.45, 2.75) is 33.1 Å². The van der Waals surface area contributed by atoms with Gasteiger partial charge in [-0.05, 0) is 55.0 Å². The summed E-state index contributed by atoms with van der Waals surface area (Å²) in [6, 6.07) is 11.8. The van der Waals surface area contributed by atoms with E-state index in [1.807, 2.05) is 36.9 Å². The van der Waals surface area contributed by atoms with Crippen molar-refractivity contribution in [1.29, 1.82) is 0 Å². The maximum absolute atomic E-state index is 13.0. The standard InChI is InChI=1S/C24H31N5O2/c1-17(2)23(30)28-12-9-19(10-13-28)14-18-5-7-21(8-6-18)29(22-4-3-11-26-27-22)24(31)20-15-25-16-20/h3-8,11,17,19-20,25H,9-10,12-16H2,1-2H3. The van der Waals surface area contributed by atoms with Crippen LogP contribution in [0.4, 0.5) is 11.5 Å². The summed E-state index contributed by atoms with van der Waals surface area (Å²) in [5, 5.41) is 11.3. The number of benzene rings is 1. The van der Waals surface area contributed by atoms with Gasteiger partial charge in [0.1, 0.15) is 0 Å². The number of amides is 2. The predicted molar refractivity (Wildman–Crippen MR) is 120 cm³/mol. The molecule has 2 aromatic rings. The molecule has 164 valence electrons. The Morgan fingerprint density at radius 3 is 2.39 bits per heavy atom. The van der Waals surface area contributed by atoms with Gasteiger partial charge in [0.05, 0.1) is 11.6 Å². The molecule has 2 aliphatic heterocycles. The molecule has 2 saturated heterocycles. The molecule has 1 aromatic carbocycles. The van der Waals surface area contributed by atoms with E-state index in [4.69, 9.17) is 0 Å². The van der Waals surface area contributed by atoms with Crippen LogP contribution in [0, 0.1) is 17.8 Å². The number of nitrogens with one attached hydrogen (secondary N) is 1. The molecule has 2 aliphatic rings. The average molecular weight is 422 g/mol. The molecule has 3 heterocycles. The summed E-state index contributed by atoms with van der Waals surface area (Å²) >= 11 is 0. The zero-order valence-electron chi connectivity index (χ0n) is 18.3. The normalized spacial score (nSPS) is 17.5. The number of carbonyl (C=O) groups is 2. The summed E-state index contributed by atoms with van der Waals surface area (Å²) < 4.78 is 0. The van der Waals surface area contributed by atoms with Gasteiger partial charge in [0, 0.05) is 38.3 Å². The number of likely N-dealkylation sites (tertiary alicyclic amines) is 1. The highest BCUT2D eigenvalue weighted by molar-refractivity contribution is 6.01. The highest BCUT2D eigenvalue weighted by Crippen LogP contribution is 2.28. The molecule has 4 rings (SSSR count). The second kappa shape index (κ2) is 9.56. The van der Waals surface area contributed by atoms with Crippen LogP contribution in [0.2, 0.25) is 0 Å². The lowest BCUT2D eigenvalue weighted by Crippen LogP contribution is -2.51. The number of piperidine rings is 1. The van der Waals surface area contributed by atoms with E-state index in [1.165, 1.54) is 5.56 Å². The number of anilines is 2. The van der Waals surface area contributed by atoms with Crippen molar-refractivity contribution in [2.24, 2.45) is 17.8 Å². The molecule has 0 bridgehead atoms. The van der Waals surface area contributed by atoms with E-state index >= 15 is 0 Å². The third-order valence-corrected chi connectivity index (χ3v) is 6.28. The van der Waals surface area contributed by atoms with Gasteiger partial charge in [0.2, 0.25) is 11.8 Å². The fraction of sp³-hybridized carbons (Fsp3) is 0.500. The molecule has 7 heteroatoms. The fourth-order valence-electron chi connectivity index (χ4n) is 4.27. The minimum Gasteiger partial charge on any atom is -0.342 e. The van der Waals surface area contributed by atoms with E-state index in [1.54, 1.807) is 17.2 Å². The molecule has 1 N–H and O–H groups in total. The van der Waals surface area contributed by atoms with Gasteiger partial charge in [0.25, 0.3) is 0 Å². The minimum atomic E-state index is -0.0274. The van der Waals surface area contributed by atoms with E-state index in [0.717, 1.165) is 38.0 Å². The predicted octanol–water partition coefficient (Wildman–Crippen LogP) is 2.80. The first kappa shape index (κ1) is 21.4. The van der Waals surface area contributed by atoms with Crippen molar-refractivity contribution in [1.82, 2.24) is 20.4 Å². The molecule has 31 heavy (non-hydrogen) atoms. The summed E-state index contributed by atoms with van der Waals surface area (Å²) in [5.41, 5.74) is 2.08. The second-order valence-electron chi connectivity index (χ2n) is 8.90. The number of nitrogens with zero attached hydrogens (tertiary/aromatic N) is 4. The van der Waals surface area contributed by atoms with Crippen molar-refractivity contribution in [3.63, 3.8) is 0 Å². The number of rotatable bonds is 6. The van der Waals surface area contributed by atoms with Gasteiger partial charge in [-0.1, -0.05) is 26.0 Å². The third-order valence-electron chi connectivity index (χ3n) is 6.28. The Hall–Kier alpha value is -2.80. The van der Waals surface area contributed by atoms with Crippen molar-refractivity contribution >= 4 is 23.3 Å². The Balaban J connectivity index is 1.42. The van der Waals surface area contributed by atoms with Crippen LogP contribution in [0.15, 0.2) is 42.6 Å². The maximum atomic E-state index is 13.0. The summed E-state index contributed by atoms with van der Waals surface area (Å²) in [6.45, 7) is 7.03. The van der Waals surface area contributed by atoms with Crippen molar-refractivity contribution < 1.29 is 9.59 Å². The van der Waals surface area contributed by atoms with E-state index in [2.05, 4.69) is 27.6 Å². The Morgan fingerprint density at radius 2 is 1.84 bits per heavy atom. The second-order valence-corrected chi connectivity index (χ2v) is 8.90. The van der Waals surface area contributed by atoms with Crippen molar-refractivity contribution in [3.8, 4) is 0 Å². The smallest absolute Gasteiger partial charge is 0.238 e. The Kier molecular flexibility index (Phi) is 6.61. The lowest BCUT2D eigenvalue weighted by Gasteiger charge is -2.33. The highest BCUT2D eigenvalue weighted by Gasteiger charge is 2.32. The Bertz CT molecular complexity index is 888. The number of aromatic nitrogens is 2. The van der Waals surface area contributed by atoms with E-state index in [9.17, 15) is 9.59 Å². The average Bonchev–Trinajstić information content (AvgIpc) is 2.75. The van der Waals surface area contributed by atoms with Gasteiger partial charge in [-0.15, -0.1) is 5.10 Å². The summed E-state index contributed by atoms with van der Waals surface area (Å²) in [5.74, 6) is 1.49. The van der Waals surface area contributed by atoms with Gasteiger partial charge < -0.3 is 10.2 Å². The van der Waals surface area contributed by atoms with Crippen LogP contribution in [-0.4, -0.2) is 53.1 Å². The molecule has 0 atom stereocenters. The van der Waals surface area contributed by atoms with Crippen LogP contribution < -0.4 is 10.2 Å². The van der Waals surface area contributed by atoms with Crippen LogP contribution in [0.25, 0.3) is 0 Å². The lowest BCUT2D eigenvalue weighted by atomic mass is 9.89. The topological polar surface area (TPSA) is 78.4 Å². The number of hydrogen-bond acceptors (Lipinski definition) is 5. The fourth-order valence-corrected chi connectivity index (χ4v) is 4.27. The third kappa shape index (κ3) is 4.93. The van der Waals surface area contributed by atoms with E-state index in [0.29, 0.717) is 24.8 Å². The zero-order chi connectivity index (χ0) is 21.8. The van der Waals surface area contributed by atoms with E-state index in [-0.39, 0.29) is 23.7 Å². The summed E-state index contributed by atoms with van der Waals surface area (Å²) in [4.78, 5) is 28.9. The molecular formula is C24H31N5O2. The first-order valence-corrected chi connectivity index (χ1v) is 11.2. The highest BCUT2D eigenvalue weighted by atomic mass is 16.2. The molecule has 0 radical (unpaired) electrons. The molecule has 2 amide bonds. The number of hydrogen-bond donors (Lipinski definition) is 1. The minimum absolute atomic E-state index is 0.0274. The first-order chi connectivity index (χ1) is 15.0. The quantitative estimate of drug-likeness (QED) is 0.776. The molecule has 7 nitrogen and oxygen atoms in total. The van der Waals surface area contributed by atoms with Crippen LogP contribution in [0.3, 0.4) is 0 Å². The van der Waals surface area contributed by atoms with Gasteiger partial charge in [0.15, 0.2) is 5.82 Å². The molecule has 0 unspecified atom stereocenters. The van der Waals surface area contributed by atoms with Crippen LogP contribution in [0.5, 0.6) is 0 Å². The van der Waals surface area contributed by atoms with Gasteiger partial charge in [-0.3, -0.25) is 14.5 Å². The van der Waals surface area contributed by atoms with Gasteiger partial charge >= 0.3 is 0 Å². The zero-order valence-corrected chi connectivity index (χ0v) is 18.3. The molecule has 2 fully saturated rings. The Morgan fingerprint density at radius 1 is 1.13 bits per heavy atom.